The molecular weight excluding hydrogens is 228 g/mol. The predicted octanol–water partition coefficient (Wildman–Crippen LogP) is 3.13. The summed E-state index contributed by atoms with van der Waals surface area (Å²) in [5, 5.41) is 0. The molecule has 2 heterocycles. The third kappa shape index (κ3) is 1.40. The van der Waals surface area contributed by atoms with Crippen molar-refractivity contribution in [1.82, 2.24) is 9.38 Å². The molecule has 0 spiro atoms. The molecule has 3 heteroatoms. The number of hydrogen-bond donors (Lipinski definition) is 0. The fourth-order valence-corrected chi connectivity index (χ4v) is 1.76. The lowest BCUT2D eigenvalue weighted by atomic mass is 10.1. The molecule has 0 unspecified atom stereocenters. The Morgan fingerprint density at radius 2 is 2.38 bits per heavy atom. The van der Waals surface area contributed by atoms with Crippen LogP contribution in [0.25, 0.3) is 11.2 Å². The van der Waals surface area contributed by atoms with Crippen LogP contribution in [0.3, 0.4) is 0 Å². The summed E-state index contributed by atoms with van der Waals surface area (Å²) in [6, 6.07) is 2.03. The molecule has 0 fully saturated rings. The molecule has 0 N–H and O–H groups in total. The number of nitrogens with zero attached hydrogens (tertiary/aromatic N) is 2. The molecule has 0 radical (unpaired) electrons. The Balaban J connectivity index is 2.84. The molecule has 0 aliphatic carbocycles. The summed E-state index contributed by atoms with van der Waals surface area (Å²) >= 11 is 3.45. The minimum Gasteiger partial charge on any atom is -0.305 e. The lowest BCUT2D eigenvalue weighted by molar-refractivity contribution is 1.17. The van der Waals surface area contributed by atoms with Gasteiger partial charge in [-0.15, -0.1) is 0 Å². The number of pyridine rings is 1. The lowest BCUT2D eigenvalue weighted by Gasteiger charge is -2.03. The summed E-state index contributed by atoms with van der Waals surface area (Å²) in [5.74, 6) is 0. The molecule has 0 aliphatic rings. The monoisotopic (exact) mass is 236 g/mol. The van der Waals surface area contributed by atoms with Gasteiger partial charge in [-0.3, -0.25) is 0 Å². The van der Waals surface area contributed by atoms with Gasteiger partial charge in [0.2, 0.25) is 0 Å². The molecule has 13 heavy (non-hydrogen) atoms. The minimum atomic E-state index is 0.954. The van der Waals surface area contributed by atoms with Gasteiger partial charge in [0.15, 0.2) is 0 Å². The van der Waals surface area contributed by atoms with Crippen molar-refractivity contribution in [2.45, 2.75) is 6.92 Å². The van der Waals surface area contributed by atoms with Gasteiger partial charge in [-0.25, -0.2) is 4.98 Å². The third-order valence-electron chi connectivity index (χ3n) is 1.91. The van der Waals surface area contributed by atoms with Crippen molar-refractivity contribution < 1.29 is 0 Å². The highest BCUT2D eigenvalue weighted by atomic mass is 79.9. The molecule has 0 bridgehead atoms. The zero-order valence-corrected chi connectivity index (χ0v) is 8.87. The van der Waals surface area contributed by atoms with E-state index in [1.54, 1.807) is 6.20 Å². The van der Waals surface area contributed by atoms with Gasteiger partial charge in [-0.05, 0) is 34.5 Å². The maximum absolute atomic E-state index is 4.26. The van der Waals surface area contributed by atoms with Gasteiger partial charge in [0.05, 0.1) is 0 Å². The highest BCUT2D eigenvalue weighted by molar-refractivity contribution is 9.10. The van der Waals surface area contributed by atoms with E-state index in [2.05, 4.69) is 27.5 Å². The highest BCUT2D eigenvalue weighted by Crippen LogP contribution is 2.21. The van der Waals surface area contributed by atoms with Crippen molar-refractivity contribution in [3.05, 3.63) is 41.3 Å². The molecule has 0 saturated carbocycles. The average Bonchev–Trinajstić information content (AvgIpc) is 2.49. The Morgan fingerprint density at radius 3 is 3.08 bits per heavy atom. The van der Waals surface area contributed by atoms with Gasteiger partial charge >= 0.3 is 0 Å². The van der Waals surface area contributed by atoms with Crippen molar-refractivity contribution in [2.24, 2.45) is 0 Å². The molecular formula is C10H9BrN2. The summed E-state index contributed by atoms with van der Waals surface area (Å²) in [6.07, 6.45) is 5.69. The summed E-state index contributed by atoms with van der Waals surface area (Å²) in [4.78, 5) is 4.26. The van der Waals surface area contributed by atoms with Crippen LogP contribution in [-0.4, -0.2) is 9.38 Å². The van der Waals surface area contributed by atoms with Crippen LogP contribution in [0.1, 0.15) is 12.5 Å². The lowest BCUT2D eigenvalue weighted by Crippen LogP contribution is -1.89. The van der Waals surface area contributed by atoms with Crippen LogP contribution in [0.5, 0.6) is 0 Å². The second-order valence-electron chi connectivity index (χ2n) is 3.01. The van der Waals surface area contributed by atoms with Crippen LogP contribution in [-0.2, 0) is 0 Å². The summed E-state index contributed by atoms with van der Waals surface area (Å²) in [6.45, 7) is 5.90. The van der Waals surface area contributed by atoms with E-state index >= 15 is 0 Å². The van der Waals surface area contributed by atoms with Crippen LogP contribution < -0.4 is 0 Å². The largest absolute Gasteiger partial charge is 0.305 e. The molecule has 66 valence electrons. The molecule has 2 rings (SSSR count). The van der Waals surface area contributed by atoms with Gasteiger partial charge in [0, 0.05) is 28.6 Å². The summed E-state index contributed by atoms with van der Waals surface area (Å²) in [5.41, 5.74) is 3.06. The molecule has 2 nitrogen and oxygen atoms in total. The second-order valence-corrected chi connectivity index (χ2v) is 3.93. The fourth-order valence-electron chi connectivity index (χ4n) is 1.31. The van der Waals surface area contributed by atoms with Crippen molar-refractivity contribution in [2.75, 3.05) is 0 Å². The number of hydrogen-bond acceptors (Lipinski definition) is 1. The van der Waals surface area contributed by atoms with Gasteiger partial charge < -0.3 is 4.40 Å². The highest BCUT2D eigenvalue weighted by Gasteiger charge is 2.04. The summed E-state index contributed by atoms with van der Waals surface area (Å²) < 4.78 is 3.02. The normalized spacial score (nSPS) is 10.6. The van der Waals surface area contributed by atoms with E-state index in [0.717, 1.165) is 21.3 Å². The maximum Gasteiger partial charge on any atom is 0.144 e. The van der Waals surface area contributed by atoms with E-state index in [1.165, 1.54) is 0 Å². The number of aromatic nitrogens is 2. The van der Waals surface area contributed by atoms with E-state index in [-0.39, 0.29) is 0 Å². The molecule has 0 amide bonds. The van der Waals surface area contributed by atoms with E-state index in [9.17, 15) is 0 Å². The van der Waals surface area contributed by atoms with Gasteiger partial charge in [0.25, 0.3) is 0 Å². The second kappa shape index (κ2) is 3.00. The number of fused-ring (bicyclic) bond motifs is 1. The van der Waals surface area contributed by atoms with Crippen molar-refractivity contribution in [3.63, 3.8) is 0 Å². The van der Waals surface area contributed by atoms with Crippen molar-refractivity contribution >= 4 is 27.2 Å². The molecule has 0 aliphatic heterocycles. The zero-order valence-electron chi connectivity index (χ0n) is 7.29. The summed E-state index contributed by atoms with van der Waals surface area (Å²) in [7, 11) is 0. The van der Waals surface area contributed by atoms with E-state index in [4.69, 9.17) is 0 Å². The first kappa shape index (κ1) is 8.51. The quantitative estimate of drug-likeness (QED) is 0.744. The van der Waals surface area contributed by atoms with Crippen LogP contribution >= 0.6 is 15.9 Å². The molecule has 0 aromatic carbocycles. The van der Waals surface area contributed by atoms with E-state index in [0.29, 0.717) is 0 Å². The van der Waals surface area contributed by atoms with Gasteiger partial charge in [-0.1, -0.05) is 6.58 Å². The average molecular weight is 237 g/mol. The Hall–Kier alpha value is -1.09. The number of imidazole rings is 1. The van der Waals surface area contributed by atoms with Crippen LogP contribution in [0, 0.1) is 0 Å². The van der Waals surface area contributed by atoms with Crippen LogP contribution in [0.2, 0.25) is 0 Å². The Bertz CT molecular complexity index is 471. The third-order valence-corrected chi connectivity index (χ3v) is 2.35. The predicted molar refractivity (Wildman–Crippen MR) is 57.6 cm³/mol. The minimum absolute atomic E-state index is 0.954. The SMILES string of the molecule is C=C(C)c1cc(Br)cn2ccnc12. The Labute approximate surface area is 85.0 Å². The van der Waals surface area contributed by atoms with Crippen molar-refractivity contribution in [1.29, 1.82) is 0 Å². The molecule has 0 atom stereocenters. The Morgan fingerprint density at radius 1 is 1.62 bits per heavy atom. The van der Waals surface area contributed by atoms with Gasteiger partial charge in [0.1, 0.15) is 5.65 Å². The smallest absolute Gasteiger partial charge is 0.144 e. The first-order valence-corrected chi connectivity index (χ1v) is 4.76. The van der Waals surface area contributed by atoms with Crippen molar-refractivity contribution in [3.8, 4) is 0 Å². The molecule has 2 aromatic heterocycles. The number of allylic oxidation sites excluding steroid dienone is 1. The van der Waals surface area contributed by atoms with Crippen LogP contribution in [0.15, 0.2) is 35.7 Å². The number of rotatable bonds is 1. The van der Waals surface area contributed by atoms with Crippen LogP contribution in [0.4, 0.5) is 0 Å². The topological polar surface area (TPSA) is 17.3 Å². The number of halogens is 1. The van der Waals surface area contributed by atoms with E-state index < -0.39 is 0 Å². The Kier molecular flexibility index (Phi) is 1.96. The fraction of sp³-hybridized carbons (Fsp3) is 0.100. The van der Waals surface area contributed by atoms with E-state index in [1.807, 2.05) is 29.8 Å². The molecule has 2 aromatic rings. The zero-order chi connectivity index (χ0) is 9.42. The standard InChI is InChI=1S/C10H9BrN2/c1-7(2)9-5-8(11)6-13-4-3-12-10(9)13/h3-6H,1H2,2H3. The molecule has 0 saturated heterocycles. The maximum atomic E-state index is 4.26. The first-order chi connectivity index (χ1) is 6.18. The first-order valence-electron chi connectivity index (χ1n) is 3.96. The van der Waals surface area contributed by atoms with Gasteiger partial charge in [-0.2, -0.15) is 0 Å².